The van der Waals surface area contributed by atoms with Gasteiger partial charge >= 0.3 is 6.18 Å². The van der Waals surface area contributed by atoms with Gasteiger partial charge in [-0.05, 0) is 24.3 Å². The second-order valence-corrected chi connectivity index (χ2v) is 3.00. The molecule has 0 bridgehead atoms. The lowest BCUT2D eigenvalue weighted by Crippen LogP contribution is -2.04. The van der Waals surface area contributed by atoms with Gasteiger partial charge in [0, 0.05) is 19.4 Å². The first kappa shape index (κ1) is 13.1. The average molecular weight is 244 g/mol. The number of halogens is 3. The van der Waals surface area contributed by atoms with Crippen molar-refractivity contribution in [3.63, 3.8) is 0 Å². The summed E-state index contributed by atoms with van der Waals surface area (Å²) in [5.41, 5.74) is -0.711. The van der Waals surface area contributed by atoms with Crippen LogP contribution in [0.3, 0.4) is 0 Å². The molecule has 0 radical (unpaired) electrons. The minimum absolute atomic E-state index is 0.291. The number of nitrogens with one attached hydrogen (secondary N) is 1. The zero-order valence-electron chi connectivity index (χ0n) is 9.03. The molecule has 0 saturated carbocycles. The topological polar surface area (TPSA) is 33.6 Å². The number of aliphatic imine (C=N–C) groups is 1. The van der Waals surface area contributed by atoms with E-state index < -0.39 is 11.7 Å². The summed E-state index contributed by atoms with van der Waals surface area (Å²) in [7, 11) is 1.71. The number of rotatable bonds is 4. The number of benzene rings is 1. The molecule has 1 aromatic rings. The summed E-state index contributed by atoms with van der Waals surface area (Å²) in [6, 6.07) is 4.37. The van der Waals surface area contributed by atoms with Crippen molar-refractivity contribution in [2.45, 2.75) is 6.18 Å². The van der Waals surface area contributed by atoms with E-state index in [0.717, 1.165) is 18.5 Å². The van der Waals surface area contributed by atoms with E-state index >= 15 is 0 Å². The highest BCUT2D eigenvalue weighted by molar-refractivity contribution is 5.52. The lowest BCUT2D eigenvalue weighted by atomic mass is 10.2. The van der Waals surface area contributed by atoms with Crippen LogP contribution in [-0.4, -0.2) is 13.4 Å². The first-order valence-corrected chi connectivity index (χ1v) is 4.72. The molecule has 92 valence electrons. The molecule has 0 aliphatic rings. The fourth-order valence-corrected chi connectivity index (χ4v) is 0.966. The molecule has 0 saturated heterocycles. The van der Waals surface area contributed by atoms with E-state index in [9.17, 15) is 13.2 Å². The standard InChI is InChI=1S/C11H11F3N2O/c1-15-6-7-16-8-17-10-4-2-9(3-5-10)11(12,13)14/h2-8,15H,1H3/b7-6-,16-8?. The van der Waals surface area contributed by atoms with Crippen LogP contribution in [0.5, 0.6) is 5.75 Å². The van der Waals surface area contributed by atoms with Crippen LogP contribution in [0.15, 0.2) is 41.7 Å². The van der Waals surface area contributed by atoms with Crippen LogP contribution in [0.25, 0.3) is 0 Å². The van der Waals surface area contributed by atoms with E-state index in [0.29, 0.717) is 5.75 Å². The van der Waals surface area contributed by atoms with Crippen molar-refractivity contribution < 1.29 is 17.9 Å². The van der Waals surface area contributed by atoms with E-state index in [-0.39, 0.29) is 0 Å². The molecule has 6 heteroatoms. The van der Waals surface area contributed by atoms with E-state index in [4.69, 9.17) is 4.74 Å². The van der Waals surface area contributed by atoms with E-state index in [1.165, 1.54) is 18.3 Å². The van der Waals surface area contributed by atoms with Gasteiger partial charge in [0.1, 0.15) is 5.75 Å². The van der Waals surface area contributed by atoms with E-state index in [1.807, 2.05) is 0 Å². The number of hydrogen-bond acceptors (Lipinski definition) is 3. The predicted molar refractivity (Wildman–Crippen MR) is 58.8 cm³/mol. The van der Waals surface area contributed by atoms with Crippen molar-refractivity contribution in [2.75, 3.05) is 7.05 Å². The van der Waals surface area contributed by atoms with Crippen LogP contribution in [0, 0.1) is 0 Å². The Labute approximate surface area is 96.6 Å². The molecule has 0 heterocycles. The van der Waals surface area contributed by atoms with Crippen LogP contribution < -0.4 is 10.1 Å². The fourth-order valence-electron chi connectivity index (χ4n) is 0.966. The second-order valence-electron chi connectivity index (χ2n) is 3.00. The summed E-state index contributed by atoms with van der Waals surface area (Å²) in [4.78, 5) is 3.72. The first-order chi connectivity index (χ1) is 8.04. The van der Waals surface area contributed by atoms with E-state index in [2.05, 4.69) is 10.3 Å². The Morgan fingerprint density at radius 2 is 1.88 bits per heavy atom. The van der Waals surface area contributed by atoms with Crippen LogP contribution in [0.2, 0.25) is 0 Å². The summed E-state index contributed by atoms with van der Waals surface area (Å²) < 4.78 is 41.7. The Hall–Kier alpha value is -1.98. The highest BCUT2D eigenvalue weighted by Gasteiger charge is 2.29. The minimum Gasteiger partial charge on any atom is -0.446 e. The Morgan fingerprint density at radius 3 is 2.41 bits per heavy atom. The second kappa shape index (κ2) is 5.93. The van der Waals surface area contributed by atoms with Gasteiger partial charge in [0.15, 0.2) is 6.40 Å². The zero-order chi connectivity index (χ0) is 12.7. The lowest BCUT2D eigenvalue weighted by Gasteiger charge is -2.06. The van der Waals surface area contributed by atoms with Gasteiger partial charge in [-0.15, -0.1) is 0 Å². The maximum atomic E-state index is 12.2. The molecule has 0 aliphatic heterocycles. The summed E-state index contributed by atoms with van der Waals surface area (Å²) >= 11 is 0. The fraction of sp³-hybridized carbons (Fsp3) is 0.182. The number of hydrogen-bond donors (Lipinski definition) is 1. The maximum absolute atomic E-state index is 12.2. The van der Waals surface area contributed by atoms with Gasteiger partial charge in [-0.1, -0.05) is 0 Å². The van der Waals surface area contributed by atoms with Gasteiger partial charge in [-0.3, -0.25) is 0 Å². The van der Waals surface area contributed by atoms with Gasteiger partial charge in [0.05, 0.1) is 5.56 Å². The molecule has 0 unspecified atom stereocenters. The molecule has 17 heavy (non-hydrogen) atoms. The largest absolute Gasteiger partial charge is 0.446 e. The van der Waals surface area contributed by atoms with Crippen LogP contribution in [0.1, 0.15) is 5.56 Å². The van der Waals surface area contributed by atoms with Crippen molar-refractivity contribution in [3.05, 3.63) is 42.2 Å². The van der Waals surface area contributed by atoms with Crippen molar-refractivity contribution >= 4 is 6.40 Å². The highest BCUT2D eigenvalue weighted by atomic mass is 19.4. The number of alkyl halides is 3. The Kier molecular flexibility index (Phi) is 4.56. The number of ether oxygens (including phenoxy) is 1. The Morgan fingerprint density at radius 1 is 1.24 bits per heavy atom. The molecule has 0 spiro atoms. The van der Waals surface area contributed by atoms with Gasteiger partial charge in [-0.25, -0.2) is 4.99 Å². The smallest absolute Gasteiger partial charge is 0.416 e. The molecular formula is C11H11F3N2O. The van der Waals surface area contributed by atoms with Crippen molar-refractivity contribution in [1.82, 2.24) is 5.32 Å². The first-order valence-electron chi connectivity index (χ1n) is 4.72. The SMILES string of the molecule is CN/C=C\N=COc1ccc(C(F)(F)F)cc1. The van der Waals surface area contributed by atoms with E-state index in [1.54, 1.807) is 13.2 Å². The molecule has 1 aromatic carbocycles. The van der Waals surface area contributed by atoms with Crippen LogP contribution >= 0.6 is 0 Å². The summed E-state index contributed by atoms with van der Waals surface area (Å²) in [5, 5.41) is 2.72. The molecule has 0 amide bonds. The maximum Gasteiger partial charge on any atom is 0.416 e. The zero-order valence-corrected chi connectivity index (χ0v) is 9.03. The third-order valence-corrected chi connectivity index (χ3v) is 1.76. The molecule has 0 fully saturated rings. The third-order valence-electron chi connectivity index (χ3n) is 1.76. The van der Waals surface area contributed by atoms with Gasteiger partial charge in [0.25, 0.3) is 0 Å². The molecule has 0 aliphatic carbocycles. The molecule has 0 atom stereocenters. The van der Waals surface area contributed by atoms with Crippen molar-refractivity contribution in [2.24, 2.45) is 4.99 Å². The van der Waals surface area contributed by atoms with Crippen LogP contribution in [0.4, 0.5) is 13.2 Å². The summed E-state index contributed by atoms with van der Waals surface area (Å²) in [5.74, 6) is 0.291. The summed E-state index contributed by atoms with van der Waals surface area (Å²) in [6.07, 6.45) is -0.171. The molecule has 3 nitrogen and oxygen atoms in total. The minimum atomic E-state index is -4.33. The molecule has 1 N–H and O–H groups in total. The highest BCUT2D eigenvalue weighted by Crippen LogP contribution is 2.30. The van der Waals surface area contributed by atoms with Crippen LogP contribution in [-0.2, 0) is 6.18 Å². The molecule has 1 rings (SSSR count). The van der Waals surface area contributed by atoms with Gasteiger partial charge in [-0.2, -0.15) is 13.2 Å². The monoisotopic (exact) mass is 244 g/mol. The Balaban J connectivity index is 2.57. The van der Waals surface area contributed by atoms with Gasteiger partial charge < -0.3 is 10.1 Å². The number of nitrogens with zero attached hydrogens (tertiary/aromatic N) is 1. The normalized spacial score (nSPS) is 12.2. The third kappa shape index (κ3) is 4.58. The summed E-state index contributed by atoms with van der Waals surface area (Å²) in [6.45, 7) is 0. The van der Waals surface area contributed by atoms with Crippen molar-refractivity contribution in [3.8, 4) is 5.75 Å². The molecule has 0 aromatic heterocycles. The molecular weight excluding hydrogens is 233 g/mol. The van der Waals surface area contributed by atoms with Gasteiger partial charge in [0.2, 0.25) is 0 Å². The van der Waals surface area contributed by atoms with Crippen molar-refractivity contribution in [1.29, 1.82) is 0 Å². The lowest BCUT2D eigenvalue weighted by molar-refractivity contribution is -0.137. The average Bonchev–Trinajstić information content (AvgIpc) is 2.28. The quantitative estimate of drug-likeness (QED) is 0.652. The Bertz CT molecular complexity index is 396. The predicted octanol–water partition coefficient (Wildman–Crippen LogP) is 2.80.